The lowest BCUT2D eigenvalue weighted by Crippen LogP contribution is -2.43. The molecule has 5 heteroatoms. The SMILES string of the molecule is CC(CCN)N1CCC(C(F)(F)F)CC1. The molecule has 2 nitrogen and oxygen atoms in total. The number of hydrogen-bond acceptors (Lipinski definition) is 2. The summed E-state index contributed by atoms with van der Waals surface area (Å²) in [6.45, 7) is 3.72. The van der Waals surface area contributed by atoms with Gasteiger partial charge >= 0.3 is 6.18 Å². The summed E-state index contributed by atoms with van der Waals surface area (Å²) in [5, 5.41) is 0. The highest BCUT2D eigenvalue weighted by Crippen LogP contribution is 2.34. The quantitative estimate of drug-likeness (QED) is 0.794. The molecule has 0 aromatic heterocycles. The van der Waals surface area contributed by atoms with Crippen molar-refractivity contribution in [2.45, 2.75) is 38.4 Å². The van der Waals surface area contributed by atoms with Crippen LogP contribution in [0.1, 0.15) is 26.2 Å². The monoisotopic (exact) mass is 224 g/mol. The molecule has 0 aromatic rings. The van der Waals surface area contributed by atoms with Crippen LogP contribution in [0.4, 0.5) is 13.2 Å². The Morgan fingerprint density at radius 1 is 1.33 bits per heavy atom. The zero-order valence-electron chi connectivity index (χ0n) is 9.06. The van der Waals surface area contributed by atoms with Crippen LogP contribution in [0, 0.1) is 5.92 Å². The third-order valence-electron chi connectivity index (χ3n) is 3.20. The van der Waals surface area contributed by atoms with E-state index in [2.05, 4.69) is 4.90 Å². The number of hydrogen-bond donors (Lipinski definition) is 1. The predicted octanol–water partition coefficient (Wildman–Crippen LogP) is 2.00. The number of alkyl halides is 3. The first-order chi connectivity index (χ1) is 6.95. The molecule has 1 heterocycles. The summed E-state index contributed by atoms with van der Waals surface area (Å²) in [7, 11) is 0. The Hall–Kier alpha value is -0.290. The van der Waals surface area contributed by atoms with Crippen molar-refractivity contribution in [3.63, 3.8) is 0 Å². The number of rotatable bonds is 3. The van der Waals surface area contributed by atoms with E-state index >= 15 is 0 Å². The maximum atomic E-state index is 12.4. The van der Waals surface area contributed by atoms with Crippen molar-refractivity contribution >= 4 is 0 Å². The molecule has 0 spiro atoms. The highest BCUT2D eigenvalue weighted by Gasteiger charge is 2.41. The zero-order valence-corrected chi connectivity index (χ0v) is 9.06. The van der Waals surface area contributed by atoms with Gasteiger partial charge in [-0.15, -0.1) is 0 Å². The Labute approximate surface area is 88.6 Å². The summed E-state index contributed by atoms with van der Waals surface area (Å²) >= 11 is 0. The molecule has 0 bridgehead atoms. The van der Waals surface area contributed by atoms with Crippen LogP contribution in [-0.2, 0) is 0 Å². The van der Waals surface area contributed by atoms with Crippen molar-refractivity contribution in [3.8, 4) is 0 Å². The Kier molecular flexibility index (Phi) is 4.40. The predicted molar refractivity (Wildman–Crippen MR) is 53.5 cm³/mol. The molecule has 1 fully saturated rings. The minimum atomic E-state index is -4.01. The van der Waals surface area contributed by atoms with Crippen molar-refractivity contribution in [2.24, 2.45) is 11.7 Å². The highest BCUT2D eigenvalue weighted by atomic mass is 19.4. The first kappa shape index (κ1) is 12.8. The zero-order chi connectivity index (χ0) is 11.5. The summed E-state index contributed by atoms with van der Waals surface area (Å²) in [6, 6.07) is 0.309. The van der Waals surface area contributed by atoms with Crippen LogP contribution < -0.4 is 5.73 Å². The Morgan fingerprint density at radius 2 is 1.87 bits per heavy atom. The van der Waals surface area contributed by atoms with Gasteiger partial charge in [0.2, 0.25) is 0 Å². The molecular weight excluding hydrogens is 205 g/mol. The molecule has 1 aliphatic rings. The molecule has 0 aromatic carbocycles. The molecule has 15 heavy (non-hydrogen) atoms. The Bertz CT molecular complexity index is 186. The molecule has 2 N–H and O–H groups in total. The molecule has 1 atom stereocenters. The van der Waals surface area contributed by atoms with E-state index in [4.69, 9.17) is 5.73 Å². The summed E-state index contributed by atoms with van der Waals surface area (Å²) < 4.78 is 37.1. The summed E-state index contributed by atoms with van der Waals surface area (Å²) in [6.07, 6.45) is -2.68. The van der Waals surface area contributed by atoms with Gasteiger partial charge in [0.25, 0.3) is 0 Å². The molecule has 1 aliphatic heterocycles. The molecule has 0 amide bonds. The summed E-state index contributed by atoms with van der Waals surface area (Å²) in [5.41, 5.74) is 5.43. The lowest BCUT2D eigenvalue weighted by molar-refractivity contribution is -0.186. The molecule has 90 valence electrons. The van der Waals surface area contributed by atoms with E-state index in [9.17, 15) is 13.2 Å². The van der Waals surface area contributed by atoms with E-state index in [1.54, 1.807) is 0 Å². The smallest absolute Gasteiger partial charge is 0.330 e. The molecule has 1 saturated heterocycles. The van der Waals surface area contributed by atoms with Gasteiger partial charge in [-0.05, 0) is 45.8 Å². The first-order valence-corrected chi connectivity index (χ1v) is 5.46. The largest absolute Gasteiger partial charge is 0.391 e. The van der Waals surface area contributed by atoms with E-state index in [1.807, 2.05) is 6.92 Å². The topological polar surface area (TPSA) is 29.3 Å². The fourth-order valence-electron chi connectivity index (χ4n) is 2.09. The van der Waals surface area contributed by atoms with Gasteiger partial charge < -0.3 is 10.6 Å². The van der Waals surface area contributed by atoms with Gasteiger partial charge in [-0.1, -0.05) is 0 Å². The van der Waals surface area contributed by atoms with Crippen LogP contribution in [0.15, 0.2) is 0 Å². The second-order valence-corrected chi connectivity index (χ2v) is 4.28. The van der Waals surface area contributed by atoms with E-state index in [0.29, 0.717) is 25.7 Å². The maximum absolute atomic E-state index is 12.4. The average molecular weight is 224 g/mol. The minimum absolute atomic E-state index is 0.235. The molecule has 0 radical (unpaired) electrons. The van der Waals surface area contributed by atoms with Crippen molar-refractivity contribution in [2.75, 3.05) is 19.6 Å². The van der Waals surface area contributed by atoms with Gasteiger partial charge in [0.1, 0.15) is 0 Å². The Morgan fingerprint density at radius 3 is 2.27 bits per heavy atom. The average Bonchev–Trinajstić information content (AvgIpc) is 2.17. The van der Waals surface area contributed by atoms with E-state index in [-0.39, 0.29) is 12.8 Å². The number of piperidine rings is 1. The van der Waals surface area contributed by atoms with Crippen LogP contribution in [0.2, 0.25) is 0 Å². The van der Waals surface area contributed by atoms with Crippen LogP contribution in [0.25, 0.3) is 0 Å². The van der Waals surface area contributed by atoms with Crippen molar-refractivity contribution < 1.29 is 13.2 Å². The van der Waals surface area contributed by atoms with Gasteiger partial charge in [-0.2, -0.15) is 13.2 Å². The fourth-order valence-corrected chi connectivity index (χ4v) is 2.09. The van der Waals surface area contributed by atoms with Gasteiger partial charge in [0, 0.05) is 6.04 Å². The third-order valence-corrected chi connectivity index (χ3v) is 3.20. The molecule has 1 unspecified atom stereocenters. The molecule has 0 saturated carbocycles. The van der Waals surface area contributed by atoms with Gasteiger partial charge in [-0.3, -0.25) is 0 Å². The number of nitrogens with two attached hydrogens (primary N) is 1. The standard InChI is InChI=1S/C10H19F3N2/c1-8(2-5-14)15-6-3-9(4-7-15)10(11,12)13/h8-9H,2-7,14H2,1H3. The van der Waals surface area contributed by atoms with Crippen LogP contribution in [0.5, 0.6) is 0 Å². The van der Waals surface area contributed by atoms with E-state index < -0.39 is 12.1 Å². The van der Waals surface area contributed by atoms with Crippen LogP contribution in [-0.4, -0.2) is 36.8 Å². The number of likely N-dealkylation sites (tertiary alicyclic amines) is 1. The first-order valence-electron chi connectivity index (χ1n) is 5.46. The van der Waals surface area contributed by atoms with Crippen molar-refractivity contribution in [1.82, 2.24) is 4.90 Å². The summed E-state index contributed by atoms with van der Waals surface area (Å²) in [5.74, 6) is -1.10. The Balaban J connectivity index is 2.36. The summed E-state index contributed by atoms with van der Waals surface area (Å²) in [4.78, 5) is 2.11. The highest BCUT2D eigenvalue weighted by molar-refractivity contribution is 4.79. The second-order valence-electron chi connectivity index (χ2n) is 4.28. The normalized spacial score (nSPS) is 23.0. The molecular formula is C10H19F3N2. The molecule has 0 aliphatic carbocycles. The lowest BCUT2D eigenvalue weighted by atomic mass is 9.95. The van der Waals surface area contributed by atoms with Gasteiger partial charge in [0.15, 0.2) is 0 Å². The fraction of sp³-hybridized carbons (Fsp3) is 1.00. The lowest BCUT2D eigenvalue weighted by Gasteiger charge is -2.36. The minimum Gasteiger partial charge on any atom is -0.330 e. The van der Waals surface area contributed by atoms with E-state index in [0.717, 1.165) is 6.42 Å². The van der Waals surface area contributed by atoms with Crippen LogP contribution in [0.3, 0.4) is 0 Å². The van der Waals surface area contributed by atoms with Gasteiger partial charge in [0.05, 0.1) is 5.92 Å². The maximum Gasteiger partial charge on any atom is 0.391 e. The molecule has 1 rings (SSSR count). The second kappa shape index (κ2) is 5.16. The number of nitrogens with zero attached hydrogens (tertiary/aromatic N) is 1. The van der Waals surface area contributed by atoms with Crippen molar-refractivity contribution in [3.05, 3.63) is 0 Å². The van der Waals surface area contributed by atoms with Gasteiger partial charge in [-0.25, -0.2) is 0 Å². The third kappa shape index (κ3) is 3.65. The van der Waals surface area contributed by atoms with Crippen LogP contribution >= 0.6 is 0 Å². The van der Waals surface area contributed by atoms with E-state index in [1.165, 1.54) is 0 Å². The number of halogens is 3. The van der Waals surface area contributed by atoms with Crippen molar-refractivity contribution in [1.29, 1.82) is 0 Å².